The number of carbonyl (C=O) groups excluding carboxylic acids is 1. The fraction of sp³-hybridized carbons (Fsp3) is 0.455. The maximum Gasteiger partial charge on any atom is 0.250 e. The predicted molar refractivity (Wildman–Crippen MR) is 56.2 cm³/mol. The number of nitrogens with two attached hydrogens (primary N) is 1. The van der Waals surface area contributed by atoms with Crippen LogP contribution in [0.1, 0.15) is 40.5 Å². The molecular formula is C11H16N2O. The second kappa shape index (κ2) is 4.22. The average Bonchev–Trinajstić information content (AvgIpc) is 2.10. The maximum atomic E-state index is 11.2. The molecule has 0 radical (unpaired) electrons. The van der Waals surface area contributed by atoms with E-state index in [-0.39, 0.29) is 5.91 Å². The maximum absolute atomic E-state index is 11.2. The highest BCUT2D eigenvalue weighted by atomic mass is 16.1. The zero-order valence-corrected chi connectivity index (χ0v) is 8.92. The number of hydrogen-bond acceptors (Lipinski definition) is 2. The van der Waals surface area contributed by atoms with Crippen LogP contribution < -0.4 is 5.73 Å². The van der Waals surface area contributed by atoms with Gasteiger partial charge >= 0.3 is 0 Å². The van der Waals surface area contributed by atoms with Gasteiger partial charge in [-0.2, -0.15) is 0 Å². The second-order valence-electron chi connectivity index (χ2n) is 3.48. The van der Waals surface area contributed by atoms with Crippen molar-refractivity contribution in [2.45, 2.75) is 33.6 Å². The van der Waals surface area contributed by atoms with E-state index in [4.69, 9.17) is 5.73 Å². The van der Waals surface area contributed by atoms with Crippen LogP contribution in [0.2, 0.25) is 0 Å². The Kier molecular flexibility index (Phi) is 3.23. The van der Waals surface area contributed by atoms with Crippen molar-refractivity contribution in [3.05, 3.63) is 28.6 Å². The van der Waals surface area contributed by atoms with Crippen molar-refractivity contribution in [2.24, 2.45) is 5.73 Å². The minimum Gasteiger partial charge on any atom is -0.366 e. The lowest BCUT2D eigenvalue weighted by atomic mass is 10.00. The molecule has 3 heteroatoms. The van der Waals surface area contributed by atoms with Gasteiger partial charge in [-0.25, -0.2) is 0 Å². The SMILES string of the molecule is CCCc1cnc(C)c(C(N)=O)c1C. The van der Waals surface area contributed by atoms with E-state index in [1.165, 1.54) is 0 Å². The molecule has 0 aliphatic rings. The average molecular weight is 192 g/mol. The van der Waals surface area contributed by atoms with Gasteiger partial charge in [0.1, 0.15) is 0 Å². The number of rotatable bonds is 3. The molecule has 1 heterocycles. The summed E-state index contributed by atoms with van der Waals surface area (Å²) < 4.78 is 0. The van der Waals surface area contributed by atoms with Crippen LogP contribution in [0.4, 0.5) is 0 Å². The highest BCUT2D eigenvalue weighted by Crippen LogP contribution is 2.16. The summed E-state index contributed by atoms with van der Waals surface area (Å²) in [7, 11) is 0. The lowest BCUT2D eigenvalue weighted by Crippen LogP contribution is -2.16. The van der Waals surface area contributed by atoms with Gasteiger partial charge in [-0.15, -0.1) is 0 Å². The summed E-state index contributed by atoms with van der Waals surface area (Å²) in [6.07, 6.45) is 3.82. The first-order valence-electron chi connectivity index (χ1n) is 4.82. The van der Waals surface area contributed by atoms with E-state index in [1.807, 2.05) is 20.0 Å². The van der Waals surface area contributed by atoms with Gasteiger partial charge in [0.25, 0.3) is 5.91 Å². The van der Waals surface area contributed by atoms with Crippen LogP contribution >= 0.6 is 0 Å². The molecule has 0 aliphatic carbocycles. The Labute approximate surface area is 84.3 Å². The van der Waals surface area contributed by atoms with Gasteiger partial charge in [-0.05, 0) is 31.4 Å². The number of amides is 1. The third kappa shape index (κ3) is 1.92. The van der Waals surface area contributed by atoms with Crippen molar-refractivity contribution in [2.75, 3.05) is 0 Å². The molecule has 0 saturated carbocycles. The number of aromatic nitrogens is 1. The molecule has 0 fully saturated rings. The van der Waals surface area contributed by atoms with Crippen LogP contribution in [-0.2, 0) is 6.42 Å². The molecule has 0 atom stereocenters. The Balaban J connectivity index is 3.26. The van der Waals surface area contributed by atoms with Gasteiger partial charge in [0.05, 0.1) is 11.3 Å². The molecule has 1 aromatic rings. The van der Waals surface area contributed by atoms with Gasteiger partial charge in [0.15, 0.2) is 0 Å². The largest absolute Gasteiger partial charge is 0.366 e. The van der Waals surface area contributed by atoms with Crippen LogP contribution in [0.25, 0.3) is 0 Å². The van der Waals surface area contributed by atoms with Crippen molar-refractivity contribution in [3.63, 3.8) is 0 Å². The van der Waals surface area contributed by atoms with Crippen molar-refractivity contribution in [3.8, 4) is 0 Å². The lowest BCUT2D eigenvalue weighted by molar-refractivity contribution is 0.0998. The Morgan fingerprint density at radius 1 is 1.50 bits per heavy atom. The number of primary amides is 1. The minimum absolute atomic E-state index is 0.384. The van der Waals surface area contributed by atoms with Crippen molar-refractivity contribution in [1.29, 1.82) is 0 Å². The monoisotopic (exact) mass is 192 g/mol. The Hall–Kier alpha value is -1.38. The van der Waals surface area contributed by atoms with Crippen molar-refractivity contribution >= 4 is 5.91 Å². The van der Waals surface area contributed by atoms with E-state index >= 15 is 0 Å². The predicted octanol–water partition coefficient (Wildman–Crippen LogP) is 1.75. The number of pyridine rings is 1. The third-order valence-electron chi connectivity index (χ3n) is 2.40. The standard InChI is InChI=1S/C11H16N2O/c1-4-5-9-6-13-8(3)10(7(9)2)11(12)14/h6H,4-5H2,1-3H3,(H2,12,14). The Morgan fingerprint density at radius 2 is 2.14 bits per heavy atom. The number of nitrogens with zero attached hydrogens (tertiary/aromatic N) is 1. The first kappa shape index (κ1) is 10.7. The molecule has 1 rings (SSSR count). The molecular weight excluding hydrogens is 176 g/mol. The number of aryl methyl sites for hydroxylation is 2. The summed E-state index contributed by atoms with van der Waals surface area (Å²) in [6, 6.07) is 0. The zero-order valence-electron chi connectivity index (χ0n) is 8.92. The molecule has 14 heavy (non-hydrogen) atoms. The molecule has 0 aliphatic heterocycles. The zero-order chi connectivity index (χ0) is 10.7. The highest BCUT2D eigenvalue weighted by Gasteiger charge is 2.12. The second-order valence-corrected chi connectivity index (χ2v) is 3.48. The first-order valence-corrected chi connectivity index (χ1v) is 4.82. The topological polar surface area (TPSA) is 56.0 Å². The molecule has 0 spiro atoms. The van der Waals surface area contributed by atoms with Crippen LogP contribution in [0.5, 0.6) is 0 Å². The highest BCUT2D eigenvalue weighted by molar-refractivity contribution is 5.95. The summed E-state index contributed by atoms with van der Waals surface area (Å²) in [6.45, 7) is 5.84. The van der Waals surface area contributed by atoms with E-state index in [1.54, 1.807) is 0 Å². The van der Waals surface area contributed by atoms with E-state index in [0.717, 1.165) is 29.7 Å². The van der Waals surface area contributed by atoms with E-state index in [9.17, 15) is 4.79 Å². The van der Waals surface area contributed by atoms with Crippen LogP contribution in [0.15, 0.2) is 6.20 Å². The van der Waals surface area contributed by atoms with E-state index in [0.29, 0.717) is 5.56 Å². The fourth-order valence-electron chi connectivity index (χ4n) is 1.65. The van der Waals surface area contributed by atoms with Crippen LogP contribution in [0.3, 0.4) is 0 Å². The normalized spacial score (nSPS) is 10.2. The van der Waals surface area contributed by atoms with Gasteiger partial charge in [-0.1, -0.05) is 13.3 Å². The Bertz CT molecular complexity index is 359. The first-order chi connectivity index (χ1) is 6.57. The fourth-order valence-corrected chi connectivity index (χ4v) is 1.65. The number of hydrogen-bond donors (Lipinski definition) is 1. The van der Waals surface area contributed by atoms with Crippen LogP contribution in [-0.4, -0.2) is 10.9 Å². The van der Waals surface area contributed by atoms with Crippen molar-refractivity contribution in [1.82, 2.24) is 4.98 Å². The molecule has 0 unspecified atom stereocenters. The van der Waals surface area contributed by atoms with Gasteiger partial charge in [0, 0.05) is 6.20 Å². The summed E-state index contributed by atoms with van der Waals surface area (Å²) >= 11 is 0. The molecule has 1 amide bonds. The summed E-state index contributed by atoms with van der Waals surface area (Å²) in [5.41, 5.74) is 8.69. The van der Waals surface area contributed by atoms with E-state index in [2.05, 4.69) is 11.9 Å². The summed E-state index contributed by atoms with van der Waals surface area (Å²) in [5, 5.41) is 0. The molecule has 1 aromatic heterocycles. The Morgan fingerprint density at radius 3 is 2.64 bits per heavy atom. The molecule has 0 aromatic carbocycles. The lowest BCUT2D eigenvalue weighted by Gasteiger charge is -2.09. The molecule has 0 saturated heterocycles. The molecule has 0 bridgehead atoms. The summed E-state index contributed by atoms with van der Waals surface area (Å²) in [4.78, 5) is 15.4. The summed E-state index contributed by atoms with van der Waals surface area (Å²) in [5.74, 6) is -0.384. The number of carbonyl (C=O) groups is 1. The van der Waals surface area contributed by atoms with Gasteiger partial charge in [-0.3, -0.25) is 9.78 Å². The van der Waals surface area contributed by atoms with Gasteiger partial charge in [0.2, 0.25) is 0 Å². The van der Waals surface area contributed by atoms with E-state index < -0.39 is 0 Å². The minimum atomic E-state index is -0.384. The third-order valence-corrected chi connectivity index (χ3v) is 2.40. The quantitative estimate of drug-likeness (QED) is 0.793. The van der Waals surface area contributed by atoms with Gasteiger partial charge < -0.3 is 5.73 Å². The van der Waals surface area contributed by atoms with Crippen molar-refractivity contribution < 1.29 is 4.79 Å². The smallest absolute Gasteiger partial charge is 0.250 e. The molecule has 3 nitrogen and oxygen atoms in total. The van der Waals surface area contributed by atoms with Crippen LogP contribution in [0, 0.1) is 13.8 Å². The molecule has 2 N–H and O–H groups in total. The molecule has 76 valence electrons.